The van der Waals surface area contributed by atoms with Crippen LogP contribution in [0.3, 0.4) is 0 Å². The lowest BCUT2D eigenvalue weighted by atomic mass is 10.1. The van der Waals surface area contributed by atoms with E-state index in [4.69, 9.17) is 5.73 Å². The molecule has 0 aromatic heterocycles. The Hall–Kier alpha value is -1.16. The first-order chi connectivity index (χ1) is 8.72. The van der Waals surface area contributed by atoms with Crippen molar-refractivity contribution in [2.45, 2.75) is 25.7 Å². The molecular formula is C14H22N2OS. The number of nitrogens with one attached hydrogen (secondary N) is 1. The Balaban J connectivity index is 2.12. The Morgan fingerprint density at radius 1 is 1.22 bits per heavy atom. The molecule has 1 aromatic carbocycles. The second-order valence-electron chi connectivity index (χ2n) is 4.32. The molecule has 3 nitrogen and oxygen atoms in total. The van der Waals surface area contributed by atoms with E-state index in [-0.39, 0.29) is 5.91 Å². The van der Waals surface area contributed by atoms with E-state index in [2.05, 4.69) is 11.6 Å². The summed E-state index contributed by atoms with van der Waals surface area (Å²) in [6.45, 7) is 0.780. The number of carbonyl (C=O) groups is 1. The van der Waals surface area contributed by atoms with E-state index >= 15 is 0 Å². The number of benzene rings is 1. The van der Waals surface area contributed by atoms with Crippen LogP contribution < -0.4 is 11.1 Å². The molecule has 0 spiro atoms. The zero-order chi connectivity index (χ0) is 13.2. The van der Waals surface area contributed by atoms with Gasteiger partial charge in [0, 0.05) is 12.2 Å². The molecule has 100 valence electrons. The predicted octanol–water partition coefficient (Wildman–Crippen LogP) is 2.46. The first kappa shape index (κ1) is 14.9. The third kappa shape index (κ3) is 6.55. The van der Waals surface area contributed by atoms with Crippen LogP contribution in [0.1, 0.15) is 24.8 Å². The minimum atomic E-state index is 0.0876. The summed E-state index contributed by atoms with van der Waals surface area (Å²) in [7, 11) is 0. The fraction of sp³-hybridized carbons (Fsp3) is 0.500. The molecule has 0 aliphatic carbocycles. The molecule has 1 rings (SSSR count). The SMILES string of the molecule is CSCCCCCNC(=O)Cc1ccc(N)cc1. The van der Waals surface area contributed by atoms with E-state index in [1.807, 2.05) is 36.0 Å². The Bertz CT molecular complexity index is 351. The van der Waals surface area contributed by atoms with Gasteiger partial charge in [0.1, 0.15) is 0 Å². The summed E-state index contributed by atoms with van der Waals surface area (Å²) in [6.07, 6.45) is 6.03. The number of amides is 1. The van der Waals surface area contributed by atoms with Crippen molar-refractivity contribution in [3.63, 3.8) is 0 Å². The van der Waals surface area contributed by atoms with E-state index in [0.717, 1.165) is 24.2 Å². The third-order valence-electron chi connectivity index (χ3n) is 2.69. The van der Waals surface area contributed by atoms with Crippen LogP contribution in [-0.2, 0) is 11.2 Å². The van der Waals surface area contributed by atoms with Gasteiger partial charge < -0.3 is 11.1 Å². The Morgan fingerprint density at radius 3 is 2.61 bits per heavy atom. The zero-order valence-corrected chi connectivity index (χ0v) is 11.8. The molecule has 1 amide bonds. The van der Waals surface area contributed by atoms with Gasteiger partial charge in [0.2, 0.25) is 5.91 Å². The number of unbranched alkanes of at least 4 members (excludes halogenated alkanes) is 2. The van der Waals surface area contributed by atoms with Gasteiger partial charge in [-0.1, -0.05) is 18.6 Å². The van der Waals surface area contributed by atoms with Crippen molar-refractivity contribution < 1.29 is 4.79 Å². The van der Waals surface area contributed by atoms with Gasteiger partial charge in [-0.15, -0.1) is 0 Å². The van der Waals surface area contributed by atoms with Gasteiger partial charge in [-0.05, 0) is 42.5 Å². The molecule has 0 heterocycles. The highest BCUT2D eigenvalue weighted by molar-refractivity contribution is 7.98. The smallest absolute Gasteiger partial charge is 0.224 e. The van der Waals surface area contributed by atoms with Crippen molar-refractivity contribution in [3.05, 3.63) is 29.8 Å². The number of rotatable bonds is 8. The second kappa shape index (κ2) is 8.86. The quantitative estimate of drug-likeness (QED) is 0.561. The molecular weight excluding hydrogens is 244 g/mol. The highest BCUT2D eigenvalue weighted by Gasteiger charge is 2.02. The zero-order valence-electron chi connectivity index (χ0n) is 10.9. The average Bonchev–Trinajstić information content (AvgIpc) is 2.36. The number of anilines is 1. The number of hydrogen-bond acceptors (Lipinski definition) is 3. The first-order valence-corrected chi connectivity index (χ1v) is 7.72. The Morgan fingerprint density at radius 2 is 1.94 bits per heavy atom. The Kier molecular flexibility index (Phi) is 7.34. The number of nitrogens with two attached hydrogens (primary N) is 1. The second-order valence-corrected chi connectivity index (χ2v) is 5.31. The molecule has 0 saturated heterocycles. The molecule has 0 fully saturated rings. The maximum atomic E-state index is 11.6. The molecule has 0 unspecified atom stereocenters. The molecule has 3 N–H and O–H groups in total. The highest BCUT2D eigenvalue weighted by atomic mass is 32.2. The van der Waals surface area contributed by atoms with Crippen LogP contribution in [0.25, 0.3) is 0 Å². The van der Waals surface area contributed by atoms with Crippen LogP contribution in [-0.4, -0.2) is 24.5 Å². The fourth-order valence-corrected chi connectivity index (χ4v) is 2.15. The summed E-state index contributed by atoms with van der Waals surface area (Å²) >= 11 is 1.87. The van der Waals surface area contributed by atoms with Crippen molar-refractivity contribution in [1.29, 1.82) is 0 Å². The highest BCUT2D eigenvalue weighted by Crippen LogP contribution is 2.06. The number of carbonyl (C=O) groups excluding carboxylic acids is 1. The molecule has 4 heteroatoms. The van der Waals surface area contributed by atoms with Crippen molar-refractivity contribution in [3.8, 4) is 0 Å². The fourth-order valence-electron chi connectivity index (χ4n) is 1.66. The maximum absolute atomic E-state index is 11.6. The average molecular weight is 266 g/mol. The lowest BCUT2D eigenvalue weighted by molar-refractivity contribution is -0.120. The molecule has 0 radical (unpaired) electrons. The molecule has 0 aliphatic rings. The van der Waals surface area contributed by atoms with Crippen LogP contribution >= 0.6 is 11.8 Å². The van der Waals surface area contributed by atoms with Crippen molar-refractivity contribution in [1.82, 2.24) is 5.32 Å². The number of nitrogen functional groups attached to an aromatic ring is 1. The van der Waals surface area contributed by atoms with Gasteiger partial charge in [0.25, 0.3) is 0 Å². The van der Waals surface area contributed by atoms with E-state index in [9.17, 15) is 4.79 Å². The topological polar surface area (TPSA) is 55.1 Å². The van der Waals surface area contributed by atoms with Crippen LogP contribution in [0, 0.1) is 0 Å². The van der Waals surface area contributed by atoms with E-state index in [1.54, 1.807) is 0 Å². The van der Waals surface area contributed by atoms with Crippen molar-refractivity contribution >= 4 is 23.4 Å². The van der Waals surface area contributed by atoms with E-state index < -0.39 is 0 Å². The van der Waals surface area contributed by atoms with Crippen LogP contribution in [0.15, 0.2) is 24.3 Å². The molecule has 1 aromatic rings. The van der Waals surface area contributed by atoms with Crippen LogP contribution in [0.2, 0.25) is 0 Å². The maximum Gasteiger partial charge on any atom is 0.224 e. The molecule has 0 bridgehead atoms. The van der Waals surface area contributed by atoms with Gasteiger partial charge in [0.05, 0.1) is 6.42 Å². The third-order valence-corrected chi connectivity index (χ3v) is 3.39. The monoisotopic (exact) mass is 266 g/mol. The minimum Gasteiger partial charge on any atom is -0.399 e. The van der Waals surface area contributed by atoms with Gasteiger partial charge in [-0.3, -0.25) is 4.79 Å². The molecule has 18 heavy (non-hydrogen) atoms. The normalized spacial score (nSPS) is 10.3. The van der Waals surface area contributed by atoms with Crippen molar-refractivity contribution in [2.24, 2.45) is 0 Å². The Labute approximate surface area is 114 Å². The standard InChI is InChI=1S/C14H22N2OS/c1-18-10-4-2-3-9-16-14(17)11-12-5-7-13(15)8-6-12/h5-8H,2-4,9-11,15H2,1H3,(H,16,17). The lowest BCUT2D eigenvalue weighted by Gasteiger charge is -2.05. The summed E-state index contributed by atoms with van der Waals surface area (Å²) in [6, 6.07) is 7.44. The summed E-state index contributed by atoms with van der Waals surface area (Å²) < 4.78 is 0. The van der Waals surface area contributed by atoms with Gasteiger partial charge >= 0.3 is 0 Å². The predicted molar refractivity (Wildman–Crippen MR) is 79.8 cm³/mol. The molecule has 0 atom stereocenters. The van der Waals surface area contributed by atoms with Gasteiger partial charge in [-0.25, -0.2) is 0 Å². The van der Waals surface area contributed by atoms with Crippen LogP contribution in [0.5, 0.6) is 0 Å². The minimum absolute atomic E-state index is 0.0876. The van der Waals surface area contributed by atoms with Gasteiger partial charge in [0.15, 0.2) is 0 Å². The summed E-state index contributed by atoms with van der Waals surface area (Å²) in [5.41, 5.74) is 7.33. The van der Waals surface area contributed by atoms with E-state index in [1.165, 1.54) is 18.6 Å². The molecule has 0 saturated carbocycles. The van der Waals surface area contributed by atoms with Gasteiger partial charge in [-0.2, -0.15) is 11.8 Å². The first-order valence-electron chi connectivity index (χ1n) is 6.32. The molecule has 0 aliphatic heterocycles. The number of thioether (sulfide) groups is 1. The van der Waals surface area contributed by atoms with Crippen molar-refractivity contribution in [2.75, 3.05) is 24.3 Å². The summed E-state index contributed by atoms with van der Waals surface area (Å²) in [5.74, 6) is 1.30. The summed E-state index contributed by atoms with van der Waals surface area (Å²) in [4.78, 5) is 11.6. The lowest BCUT2D eigenvalue weighted by Crippen LogP contribution is -2.26. The largest absolute Gasteiger partial charge is 0.399 e. The van der Waals surface area contributed by atoms with Crippen LogP contribution in [0.4, 0.5) is 5.69 Å². The number of hydrogen-bond donors (Lipinski definition) is 2. The summed E-state index contributed by atoms with van der Waals surface area (Å²) in [5, 5.41) is 2.95. The van der Waals surface area contributed by atoms with E-state index in [0.29, 0.717) is 6.42 Å².